The van der Waals surface area contributed by atoms with Crippen LogP contribution in [0.3, 0.4) is 0 Å². The van der Waals surface area contributed by atoms with Crippen LogP contribution in [0.25, 0.3) is 0 Å². The van der Waals surface area contributed by atoms with Crippen LogP contribution in [0, 0.1) is 13.8 Å². The van der Waals surface area contributed by atoms with Crippen LogP contribution in [0.5, 0.6) is 0 Å². The van der Waals surface area contributed by atoms with Crippen molar-refractivity contribution in [2.45, 2.75) is 52.7 Å². The molecule has 0 N–H and O–H groups in total. The van der Waals surface area contributed by atoms with E-state index >= 15 is 0 Å². The van der Waals surface area contributed by atoms with Crippen molar-refractivity contribution < 1.29 is 14.3 Å². The first-order chi connectivity index (χ1) is 9.97. The quantitative estimate of drug-likeness (QED) is 0.771. The zero-order valence-corrected chi connectivity index (χ0v) is 13.0. The van der Waals surface area contributed by atoms with Gasteiger partial charge in [0.05, 0.1) is 18.7 Å². The van der Waals surface area contributed by atoms with Crippen LogP contribution in [0.2, 0.25) is 0 Å². The first-order valence-electron chi connectivity index (χ1n) is 7.46. The lowest BCUT2D eigenvalue weighted by atomic mass is 10.3. The number of hydrogen-bond acceptors (Lipinski definition) is 4. The van der Waals surface area contributed by atoms with Crippen molar-refractivity contribution in [2.24, 2.45) is 0 Å². The molecular weight excluding hydrogens is 270 g/mol. The third-order valence-electron chi connectivity index (χ3n) is 3.70. The van der Waals surface area contributed by atoms with Crippen LogP contribution in [0.4, 0.5) is 0 Å². The van der Waals surface area contributed by atoms with E-state index in [2.05, 4.69) is 5.10 Å². The molecule has 0 radical (unpaired) electrons. The SMILES string of the molecule is Cc1cc(C)n(CCC(=O)OC(C)C(=O)N2CCCC2)n1. The number of carbonyl (C=O) groups excluding carboxylic acids is 2. The Morgan fingerprint density at radius 2 is 2.00 bits per heavy atom. The second-order valence-electron chi connectivity index (χ2n) is 5.56. The number of carbonyl (C=O) groups is 2. The largest absolute Gasteiger partial charge is 0.452 e. The summed E-state index contributed by atoms with van der Waals surface area (Å²) in [5, 5.41) is 4.29. The Labute approximate surface area is 125 Å². The lowest BCUT2D eigenvalue weighted by molar-refractivity contribution is -0.158. The average molecular weight is 293 g/mol. The molecule has 1 fully saturated rings. The van der Waals surface area contributed by atoms with Crippen LogP contribution in [-0.4, -0.2) is 45.8 Å². The molecular formula is C15H23N3O3. The summed E-state index contributed by atoms with van der Waals surface area (Å²) >= 11 is 0. The predicted molar refractivity (Wildman–Crippen MR) is 77.7 cm³/mol. The molecule has 2 rings (SSSR count). The zero-order chi connectivity index (χ0) is 15.4. The molecule has 2 heterocycles. The Kier molecular flexibility index (Phi) is 4.98. The smallest absolute Gasteiger partial charge is 0.308 e. The highest BCUT2D eigenvalue weighted by atomic mass is 16.5. The van der Waals surface area contributed by atoms with Gasteiger partial charge >= 0.3 is 5.97 Å². The highest BCUT2D eigenvalue weighted by molar-refractivity contribution is 5.83. The maximum atomic E-state index is 12.0. The molecule has 6 nitrogen and oxygen atoms in total. The number of aryl methyl sites for hydroxylation is 3. The van der Waals surface area contributed by atoms with Crippen molar-refractivity contribution in [1.82, 2.24) is 14.7 Å². The molecule has 0 spiro atoms. The number of nitrogens with zero attached hydrogens (tertiary/aromatic N) is 3. The molecule has 1 amide bonds. The number of amides is 1. The van der Waals surface area contributed by atoms with Crippen LogP contribution in [-0.2, 0) is 20.9 Å². The van der Waals surface area contributed by atoms with Gasteiger partial charge in [-0.3, -0.25) is 14.3 Å². The standard InChI is InChI=1S/C15H23N3O3/c1-11-10-12(2)18(16-11)9-6-14(19)21-13(3)15(20)17-7-4-5-8-17/h10,13H,4-9H2,1-3H3. The Balaban J connectivity index is 1.78. The lowest BCUT2D eigenvalue weighted by Crippen LogP contribution is -2.38. The molecule has 1 aliphatic rings. The maximum Gasteiger partial charge on any atom is 0.308 e. The van der Waals surface area contributed by atoms with Gasteiger partial charge in [0.15, 0.2) is 6.10 Å². The Hall–Kier alpha value is -1.85. The summed E-state index contributed by atoms with van der Waals surface area (Å²) in [4.78, 5) is 25.6. The maximum absolute atomic E-state index is 12.0. The van der Waals surface area contributed by atoms with Crippen molar-refractivity contribution in [3.8, 4) is 0 Å². The molecule has 1 aromatic heterocycles. The van der Waals surface area contributed by atoms with Crippen molar-refractivity contribution in [3.05, 3.63) is 17.5 Å². The van der Waals surface area contributed by atoms with E-state index in [9.17, 15) is 9.59 Å². The zero-order valence-electron chi connectivity index (χ0n) is 13.0. The van der Waals surface area contributed by atoms with E-state index in [0.29, 0.717) is 6.54 Å². The van der Waals surface area contributed by atoms with E-state index in [1.54, 1.807) is 16.5 Å². The van der Waals surface area contributed by atoms with Gasteiger partial charge < -0.3 is 9.64 Å². The number of hydrogen-bond donors (Lipinski definition) is 0. The van der Waals surface area contributed by atoms with E-state index in [1.165, 1.54) is 0 Å². The summed E-state index contributed by atoms with van der Waals surface area (Å²) in [6.07, 6.45) is 1.59. The second kappa shape index (κ2) is 6.74. The minimum Gasteiger partial charge on any atom is -0.452 e. The fourth-order valence-corrected chi connectivity index (χ4v) is 2.60. The Bertz CT molecular complexity index is 518. The molecule has 21 heavy (non-hydrogen) atoms. The van der Waals surface area contributed by atoms with Crippen molar-refractivity contribution >= 4 is 11.9 Å². The highest BCUT2D eigenvalue weighted by Gasteiger charge is 2.25. The van der Waals surface area contributed by atoms with Crippen molar-refractivity contribution in [1.29, 1.82) is 0 Å². The van der Waals surface area contributed by atoms with Crippen molar-refractivity contribution in [3.63, 3.8) is 0 Å². The highest BCUT2D eigenvalue weighted by Crippen LogP contribution is 2.11. The molecule has 6 heteroatoms. The molecule has 0 aromatic carbocycles. The fourth-order valence-electron chi connectivity index (χ4n) is 2.60. The van der Waals surface area contributed by atoms with Gasteiger partial charge in [-0.25, -0.2) is 0 Å². The van der Waals surface area contributed by atoms with Gasteiger partial charge in [0.25, 0.3) is 5.91 Å². The molecule has 1 aromatic rings. The predicted octanol–water partition coefficient (Wildman–Crippen LogP) is 1.44. The van der Waals surface area contributed by atoms with E-state index < -0.39 is 6.10 Å². The second-order valence-corrected chi connectivity index (χ2v) is 5.56. The first kappa shape index (κ1) is 15.5. The number of ether oxygens (including phenoxy) is 1. The molecule has 0 bridgehead atoms. The summed E-state index contributed by atoms with van der Waals surface area (Å²) in [6.45, 7) is 7.52. The van der Waals surface area contributed by atoms with Crippen LogP contribution >= 0.6 is 0 Å². The monoisotopic (exact) mass is 293 g/mol. The molecule has 1 aliphatic heterocycles. The van der Waals surface area contributed by atoms with E-state index in [0.717, 1.165) is 37.3 Å². The molecule has 1 unspecified atom stereocenters. The Morgan fingerprint density at radius 3 is 2.57 bits per heavy atom. The Morgan fingerprint density at radius 1 is 1.33 bits per heavy atom. The van der Waals surface area contributed by atoms with Gasteiger partial charge in [-0.15, -0.1) is 0 Å². The fraction of sp³-hybridized carbons (Fsp3) is 0.667. The normalized spacial score (nSPS) is 16.0. The summed E-state index contributed by atoms with van der Waals surface area (Å²) in [5.74, 6) is -0.449. The van der Waals surface area contributed by atoms with Gasteiger partial charge in [0, 0.05) is 18.8 Å². The van der Waals surface area contributed by atoms with Crippen LogP contribution < -0.4 is 0 Å². The summed E-state index contributed by atoms with van der Waals surface area (Å²) < 4.78 is 7.00. The molecule has 1 saturated heterocycles. The third-order valence-corrected chi connectivity index (χ3v) is 3.70. The number of aromatic nitrogens is 2. The molecule has 116 valence electrons. The van der Waals surface area contributed by atoms with Gasteiger partial charge in [0.2, 0.25) is 0 Å². The van der Waals surface area contributed by atoms with Gasteiger partial charge in [-0.2, -0.15) is 5.10 Å². The molecule has 0 saturated carbocycles. The van der Waals surface area contributed by atoms with Crippen LogP contribution in [0.1, 0.15) is 37.6 Å². The minimum atomic E-state index is -0.698. The minimum absolute atomic E-state index is 0.0908. The summed E-state index contributed by atoms with van der Waals surface area (Å²) in [5.41, 5.74) is 1.94. The topological polar surface area (TPSA) is 64.4 Å². The third kappa shape index (κ3) is 4.06. The van der Waals surface area contributed by atoms with E-state index in [-0.39, 0.29) is 18.3 Å². The lowest BCUT2D eigenvalue weighted by Gasteiger charge is -2.20. The number of likely N-dealkylation sites (tertiary alicyclic amines) is 1. The number of esters is 1. The first-order valence-corrected chi connectivity index (χ1v) is 7.46. The molecule has 1 atom stereocenters. The van der Waals surface area contributed by atoms with Gasteiger partial charge in [0.1, 0.15) is 0 Å². The van der Waals surface area contributed by atoms with Gasteiger partial charge in [-0.05, 0) is 39.7 Å². The van der Waals surface area contributed by atoms with Crippen LogP contribution in [0.15, 0.2) is 6.07 Å². The summed E-state index contributed by atoms with van der Waals surface area (Å²) in [6, 6.07) is 1.96. The van der Waals surface area contributed by atoms with E-state index in [1.807, 2.05) is 19.9 Å². The average Bonchev–Trinajstić information content (AvgIpc) is 3.05. The molecule has 0 aliphatic carbocycles. The van der Waals surface area contributed by atoms with Gasteiger partial charge in [-0.1, -0.05) is 0 Å². The van der Waals surface area contributed by atoms with E-state index in [4.69, 9.17) is 4.74 Å². The number of rotatable bonds is 5. The van der Waals surface area contributed by atoms with Crippen molar-refractivity contribution in [2.75, 3.05) is 13.1 Å². The summed E-state index contributed by atoms with van der Waals surface area (Å²) in [7, 11) is 0.